The minimum absolute atomic E-state index is 0.0239. The van der Waals surface area contributed by atoms with Crippen molar-refractivity contribution < 1.29 is 29.3 Å². The van der Waals surface area contributed by atoms with Crippen molar-refractivity contribution in [2.45, 2.75) is 77.0 Å². The molecule has 41 heavy (non-hydrogen) atoms. The predicted molar refractivity (Wildman–Crippen MR) is 162 cm³/mol. The Labute approximate surface area is 245 Å². The molecule has 0 saturated heterocycles. The molecule has 222 valence electrons. The fourth-order valence-corrected chi connectivity index (χ4v) is 5.49. The number of carbonyl (C=O) groups is 2. The topological polar surface area (TPSA) is 93.1 Å². The first-order chi connectivity index (χ1) is 19.8. The van der Waals surface area contributed by atoms with Crippen LogP contribution in [0.3, 0.4) is 0 Å². The van der Waals surface area contributed by atoms with Crippen LogP contribution in [0, 0.1) is 5.92 Å². The zero-order chi connectivity index (χ0) is 29.6. The van der Waals surface area contributed by atoms with Gasteiger partial charge in [0.25, 0.3) is 0 Å². The van der Waals surface area contributed by atoms with Crippen LogP contribution in [0.2, 0.25) is 0 Å². The lowest BCUT2D eigenvalue weighted by Crippen LogP contribution is -2.13. The van der Waals surface area contributed by atoms with Gasteiger partial charge in [-0.05, 0) is 65.3 Å². The van der Waals surface area contributed by atoms with E-state index in [1.54, 1.807) is 0 Å². The molecule has 6 heteroatoms. The lowest BCUT2D eigenvalue weighted by atomic mass is 9.77. The predicted octanol–water partition coefficient (Wildman–Crippen LogP) is 6.48. The van der Waals surface area contributed by atoms with Gasteiger partial charge in [-0.3, -0.25) is 0 Å². The average molecular weight is 563 g/mol. The number of ether oxygens (including phenoxy) is 2. The monoisotopic (exact) mass is 562 g/mol. The van der Waals surface area contributed by atoms with E-state index < -0.39 is 25.2 Å². The summed E-state index contributed by atoms with van der Waals surface area (Å²) in [7, 11) is 0. The van der Waals surface area contributed by atoms with Crippen molar-refractivity contribution in [1.29, 1.82) is 0 Å². The standard InChI is InChI=1S/C35H46O6/c1-4-5-6-7-27-8-10-30(11-9-27)31-12-14-32(15-13-31)33-21-28(16-18-40-34(38)25(2)23-36)20-29(22-33)17-19-41-35(39)26(3)24-37/h12-15,20-22,27,30,36-37H,2-11,16-19,23-24H2,1H3. The zero-order valence-corrected chi connectivity index (χ0v) is 24.5. The lowest BCUT2D eigenvalue weighted by Gasteiger charge is -2.29. The molecule has 1 aliphatic rings. The van der Waals surface area contributed by atoms with Crippen molar-refractivity contribution in [3.63, 3.8) is 0 Å². The van der Waals surface area contributed by atoms with Crippen LogP contribution in [0.5, 0.6) is 0 Å². The molecule has 1 fully saturated rings. The highest BCUT2D eigenvalue weighted by atomic mass is 16.5. The van der Waals surface area contributed by atoms with Crippen LogP contribution in [0.15, 0.2) is 66.8 Å². The minimum atomic E-state index is -0.606. The first-order valence-corrected chi connectivity index (χ1v) is 15.0. The maximum absolute atomic E-state index is 11.9. The number of hydrogen-bond donors (Lipinski definition) is 2. The smallest absolute Gasteiger partial charge is 0.335 e. The molecule has 0 atom stereocenters. The van der Waals surface area contributed by atoms with Crippen LogP contribution >= 0.6 is 0 Å². The van der Waals surface area contributed by atoms with Gasteiger partial charge in [0.15, 0.2) is 0 Å². The summed E-state index contributed by atoms with van der Waals surface area (Å²) < 4.78 is 10.5. The molecule has 0 bridgehead atoms. The first kappa shape index (κ1) is 32.3. The fourth-order valence-electron chi connectivity index (χ4n) is 5.49. The zero-order valence-electron chi connectivity index (χ0n) is 24.5. The number of rotatable bonds is 16. The summed E-state index contributed by atoms with van der Waals surface area (Å²) in [6, 6.07) is 15.1. The number of aliphatic hydroxyl groups excluding tert-OH is 2. The summed E-state index contributed by atoms with van der Waals surface area (Å²) in [5, 5.41) is 18.2. The Morgan fingerprint density at radius 1 is 0.780 bits per heavy atom. The minimum Gasteiger partial charge on any atom is -0.462 e. The van der Waals surface area contributed by atoms with E-state index in [-0.39, 0.29) is 24.4 Å². The summed E-state index contributed by atoms with van der Waals surface area (Å²) >= 11 is 0. The summed E-state index contributed by atoms with van der Waals surface area (Å²) in [5.74, 6) is 0.302. The van der Waals surface area contributed by atoms with Gasteiger partial charge in [-0.25, -0.2) is 9.59 Å². The second-order valence-electron chi connectivity index (χ2n) is 11.2. The van der Waals surface area contributed by atoms with Gasteiger partial charge in [-0.15, -0.1) is 0 Å². The largest absolute Gasteiger partial charge is 0.462 e. The van der Waals surface area contributed by atoms with Gasteiger partial charge < -0.3 is 19.7 Å². The molecule has 2 aromatic carbocycles. The Morgan fingerprint density at radius 2 is 1.32 bits per heavy atom. The lowest BCUT2D eigenvalue weighted by molar-refractivity contribution is -0.140. The number of aliphatic hydroxyl groups is 2. The van der Waals surface area contributed by atoms with Crippen molar-refractivity contribution in [2.75, 3.05) is 26.4 Å². The molecule has 0 unspecified atom stereocenters. The SMILES string of the molecule is C=C(CO)C(=O)OCCc1cc(CCOC(=O)C(=C)CO)cc(-c2ccc(C3CCC(CCCCC)CC3)cc2)c1. The van der Waals surface area contributed by atoms with Gasteiger partial charge in [0.05, 0.1) is 37.6 Å². The maximum atomic E-state index is 11.9. The van der Waals surface area contributed by atoms with Crippen LogP contribution in [0.25, 0.3) is 11.1 Å². The van der Waals surface area contributed by atoms with Gasteiger partial charge in [0.2, 0.25) is 0 Å². The van der Waals surface area contributed by atoms with E-state index in [4.69, 9.17) is 19.7 Å². The Balaban J connectivity index is 1.69. The molecular weight excluding hydrogens is 516 g/mol. The molecule has 0 radical (unpaired) electrons. The summed E-state index contributed by atoms with van der Waals surface area (Å²) in [4.78, 5) is 23.8. The van der Waals surface area contributed by atoms with E-state index in [1.165, 1.54) is 56.9 Å². The van der Waals surface area contributed by atoms with Crippen molar-refractivity contribution in [1.82, 2.24) is 0 Å². The van der Waals surface area contributed by atoms with Gasteiger partial charge in [0.1, 0.15) is 0 Å². The van der Waals surface area contributed by atoms with Crippen molar-refractivity contribution >= 4 is 11.9 Å². The third kappa shape index (κ3) is 10.3. The molecule has 0 aromatic heterocycles. The molecule has 2 aromatic rings. The summed E-state index contributed by atoms with van der Waals surface area (Å²) in [5.41, 5.74) is 5.56. The Morgan fingerprint density at radius 3 is 1.80 bits per heavy atom. The molecule has 1 aliphatic carbocycles. The van der Waals surface area contributed by atoms with Crippen LogP contribution in [0.4, 0.5) is 0 Å². The van der Waals surface area contributed by atoms with Crippen molar-refractivity contribution in [3.05, 3.63) is 83.5 Å². The van der Waals surface area contributed by atoms with Crippen molar-refractivity contribution in [2.24, 2.45) is 5.92 Å². The van der Waals surface area contributed by atoms with Gasteiger partial charge in [0, 0.05) is 12.8 Å². The maximum Gasteiger partial charge on any atom is 0.335 e. The van der Waals surface area contributed by atoms with E-state index in [9.17, 15) is 9.59 Å². The summed E-state index contributed by atoms with van der Waals surface area (Å²) in [6.07, 6.45) is 11.5. The summed E-state index contributed by atoms with van der Waals surface area (Å²) in [6.45, 7) is 8.72. The average Bonchev–Trinajstić information content (AvgIpc) is 3.00. The number of hydrogen-bond acceptors (Lipinski definition) is 6. The first-order valence-electron chi connectivity index (χ1n) is 15.0. The highest BCUT2D eigenvalue weighted by molar-refractivity contribution is 5.88. The number of carbonyl (C=O) groups excluding carboxylic acids is 2. The van der Waals surface area contributed by atoms with Crippen LogP contribution in [-0.4, -0.2) is 48.6 Å². The Bertz CT molecular complexity index is 1110. The van der Waals surface area contributed by atoms with Crippen LogP contribution < -0.4 is 0 Å². The van der Waals surface area contributed by atoms with Gasteiger partial charge in [-0.1, -0.05) is 88.2 Å². The molecular formula is C35H46O6. The number of unbranched alkanes of at least 4 members (excludes halogenated alkanes) is 2. The highest BCUT2D eigenvalue weighted by Gasteiger charge is 2.22. The van der Waals surface area contributed by atoms with E-state index in [0.717, 1.165) is 28.2 Å². The molecule has 0 spiro atoms. The van der Waals surface area contributed by atoms with E-state index in [0.29, 0.717) is 18.8 Å². The normalized spacial score (nSPS) is 16.7. The van der Waals surface area contributed by atoms with Crippen LogP contribution in [0.1, 0.15) is 80.9 Å². The molecule has 0 heterocycles. The van der Waals surface area contributed by atoms with Crippen molar-refractivity contribution in [3.8, 4) is 11.1 Å². The van der Waals surface area contributed by atoms with Crippen LogP contribution in [-0.2, 0) is 31.9 Å². The Hall–Kier alpha value is -3.22. The molecule has 6 nitrogen and oxygen atoms in total. The molecule has 2 N–H and O–H groups in total. The quantitative estimate of drug-likeness (QED) is 0.138. The highest BCUT2D eigenvalue weighted by Crippen LogP contribution is 2.38. The second kappa shape index (κ2) is 16.9. The van der Waals surface area contributed by atoms with Gasteiger partial charge in [-0.2, -0.15) is 0 Å². The number of esters is 2. The Kier molecular flexibility index (Phi) is 13.3. The van der Waals surface area contributed by atoms with E-state index >= 15 is 0 Å². The number of benzene rings is 2. The molecule has 0 amide bonds. The van der Waals surface area contributed by atoms with E-state index in [2.05, 4.69) is 56.5 Å². The third-order valence-electron chi connectivity index (χ3n) is 8.04. The van der Waals surface area contributed by atoms with Gasteiger partial charge >= 0.3 is 11.9 Å². The fraction of sp³-hybridized carbons (Fsp3) is 0.486. The molecule has 0 aliphatic heterocycles. The third-order valence-corrected chi connectivity index (χ3v) is 8.04. The second-order valence-corrected chi connectivity index (χ2v) is 11.2. The molecule has 1 saturated carbocycles. The van der Waals surface area contributed by atoms with E-state index in [1.807, 2.05) is 6.07 Å². The molecule has 3 rings (SSSR count).